The molecule has 1 heterocycles. The normalized spacial score (nSPS) is 20.9. The smallest absolute Gasteiger partial charge is 0.339 e. The van der Waals surface area contributed by atoms with Gasteiger partial charge in [-0.2, -0.15) is 0 Å². The van der Waals surface area contributed by atoms with E-state index in [1.807, 2.05) is 6.07 Å². The van der Waals surface area contributed by atoms with Crippen molar-refractivity contribution in [3.05, 3.63) is 71.3 Å². The van der Waals surface area contributed by atoms with E-state index in [4.69, 9.17) is 4.74 Å². The molecular weight excluding hydrogens is 256 g/mol. The molecule has 0 fully saturated rings. The number of ether oxygens (including phenoxy) is 1. The van der Waals surface area contributed by atoms with Crippen LogP contribution in [0.2, 0.25) is 0 Å². The fraction of sp³-hybridized carbons (Fsp3) is 0.125. The van der Waals surface area contributed by atoms with Gasteiger partial charge in [0.1, 0.15) is 12.0 Å². The number of benzene rings is 2. The predicted octanol–water partition coefficient (Wildman–Crippen LogP) is 2.77. The van der Waals surface area contributed by atoms with Crippen molar-refractivity contribution >= 4 is 11.9 Å². The van der Waals surface area contributed by atoms with Gasteiger partial charge in [-0.05, 0) is 17.2 Å². The number of carbonyl (C=O) groups excluding carboxylic acids is 1. The molecule has 4 heteroatoms. The summed E-state index contributed by atoms with van der Waals surface area (Å²) in [5.41, 5.74) is 1.51. The van der Waals surface area contributed by atoms with Crippen molar-refractivity contribution in [3.8, 4) is 0 Å². The van der Waals surface area contributed by atoms with E-state index in [0.29, 0.717) is 16.7 Å². The fourth-order valence-corrected chi connectivity index (χ4v) is 2.53. The first kappa shape index (κ1) is 12.4. The lowest BCUT2D eigenvalue weighted by atomic mass is 9.84. The molecule has 2 atom stereocenters. The van der Waals surface area contributed by atoms with Gasteiger partial charge in [0.25, 0.3) is 0 Å². The topological polar surface area (TPSA) is 63.6 Å². The molecule has 0 spiro atoms. The minimum absolute atomic E-state index is 0.326. The molecule has 1 aliphatic rings. The second-order valence-corrected chi connectivity index (χ2v) is 4.64. The van der Waals surface area contributed by atoms with Crippen LogP contribution in [-0.4, -0.2) is 17.0 Å². The predicted molar refractivity (Wildman–Crippen MR) is 71.4 cm³/mol. The number of hydrogen-bond donors (Lipinski definition) is 1. The van der Waals surface area contributed by atoms with E-state index in [-0.39, 0.29) is 0 Å². The third-order valence-corrected chi connectivity index (χ3v) is 3.45. The summed E-state index contributed by atoms with van der Waals surface area (Å²) in [5, 5.41) is 9.51. The van der Waals surface area contributed by atoms with Gasteiger partial charge in [-0.3, -0.25) is 4.79 Å². The van der Waals surface area contributed by atoms with E-state index < -0.39 is 24.0 Å². The molecule has 20 heavy (non-hydrogen) atoms. The molecule has 2 aromatic rings. The third-order valence-electron chi connectivity index (χ3n) is 3.45. The molecule has 3 rings (SSSR count). The van der Waals surface area contributed by atoms with Crippen LogP contribution in [0.1, 0.15) is 33.5 Å². The van der Waals surface area contributed by atoms with Crippen LogP contribution in [0.5, 0.6) is 0 Å². The fourth-order valence-electron chi connectivity index (χ4n) is 2.53. The molecule has 0 amide bonds. The Morgan fingerprint density at radius 1 is 1.00 bits per heavy atom. The molecule has 0 bridgehead atoms. The van der Waals surface area contributed by atoms with Crippen LogP contribution in [-0.2, 0) is 9.53 Å². The largest absolute Gasteiger partial charge is 0.481 e. The molecule has 0 radical (unpaired) electrons. The average Bonchev–Trinajstić information content (AvgIpc) is 2.47. The third kappa shape index (κ3) is 1.95. The Morgan fingerprint density at radius 2 is 1.65 bits per heavy atom. The summed E-state index contributed by atoms with van der Waals surface area (Å²) in [6, 6.07) is 15.6. The molecule has 100 valence electrons. The Hall–Kier alpha value is -2.62. The Morgan fingerprint density at radius 3 is 2.35 bits per heavy atom. The molecular formula is C16H12O4. The van der Waals surface area contributed by atoms with Crippen molar-refractivity contribution < 1.29 is 19.4 Å². The molecule has 4 nitrogen and oxygen atoms in total. The van der Waals surface area contributed by atoms with Gasteiger partial charge < -0.3 is 9.84 Å². The number of aliphatic carboxylic acids is 1. The highest BCUT2D eigenvalue weighted by Crippen LogP contribution is 2.40. The number of carboxylic acids is 1. The number of fused-ring (bicyclic) bond motifs is 1. The van der Waals surface area contributed by atoms with E-state index in [2.05, 4.69) is 0 Å². The number of carbonyl (C=O) groups is 2. The summed E-state index contributed by atoms with van der Waals surface area (Å²) < 4.78 is 5.35. The standard InChI is InChI=1S/C16H12O4/c17-15(18)13-11-8-4-5-9-12(11)16(19)20-14(13)10-6-2-1-3-7-10/h1-9,13-14H,(H,17,18). The first-order valence-corrected chi connectivity index (χ1v) is 6.26. The van der Waals surface area contributed by atoms with Gasteiger partial charge in [0, 0.05) is 0 Å². The van der Waals surface area contributed by atoms with E-state index in [9.17, 15) is 14.7 Å². The van der Waals surface area contributed by atoms with E-state index in [1.54, 1.807) is 48.5 Å². The highest BCUT2D eigenvalue weighted by atomic mass is 16.5. The van der Waals surface area contributed by atoms with Crippen LogP contribution in [0, 0.1) is 0 Å². The number of carboxylic acid groups (broad SMARTS) is 1. The van der Waals surface area contributed by atoms with Gasteiger partial charge in [-0.1, -0.05) is 48.5 Å². The summed E-state index contributed by atoms with van der Waals surface area (Å²) in [7, 11) is 0. The van der Waals surface area contributed by atoms with Gasteiger partial charge >= 0.3 is 11.9 Å². The number of hydrogen-bond acceptors (Lipinski definition) is 3. The number of cyclic esters (lactones) is 1. The van der Waals surface area contributed by atoms with Crippen molar-refractivity contribution in [1.82, 2.24) is 0 Å². The van der Waals surface area contributed by atoms with Crippen molar-refractivity contribution in [3.63, 3.8) is 0 Å². The summed E-state index contributed by atoms with van der Waals surface area (Å²) >= 11 is 0. The van der Waals surface area contributed by atoms with Crippen LogP contribution < -0.4 is 0 Å². The minimum Gasteiger partial charge on any atom is -0.481 e. The summed E-state index contributed by atoms with van der Waals surface area (Å²) in [6.45, 7) is 0. The first-order chi connectivity index (χ1) is 9.68. The van der Waals surface area contributed by atoms with Crippen molar-refractivity contribution in [1.29, 1.82) is 0 Å². The SMILES string of the molecule is O=C1OC(c2ccccc2)C(C(=O)O)c2ccccc21. The Kier molecular flexibility index (Phi) is 2.99. The maximum absolute atomic E-state index is 12.0. The van der Waals surface area contributed by atoms with Crippen LogP contribution in [0.4, 0.5) is 0 Å². The average molecular weight is 268 g/mol. The Balaban J connectivity index is 2.14. The lowest BCUT2D eigenvalue weighted by Gasteiger charge is -2.30. The zero-order valence-corrected chi connectivity index (χ0v) is 10.5. The van der Waals surface area contributed by atoms with Crippen LogP contribution in [0.15, 0.2) is 54.6 Å². The van der Waals surface area contributed by atoms with Crippen LogP contribution >= 0.6 is 0 Å². The molecule has 2 aromatic carbocycles. The van der Waals surface area contributed by atoms with Crippen molar-refractivity contribution in [2.75, 3.05) is 0 Å². The minimum atomic E-state index is -1.00. The van der Waals surface area contributed by atoms with Crippen LogP contribution in [0.25, 0.3) is 0 Å². The number of esters is 1. The first-order valence-electron chi connectivity index (χ1n) is 6.26. The van der Waals surface area contributed by atoms with Crippen molar-refractivity contribution in [2.24, 2.45) is 0 Å². The Bertz CT molecular complexity index is 663. The zero-order chi connectivity index (χ0) is 14.1. The Labute approximate surface area is 115 Å². The summed E-state index contributed by atoms with van der Waals surface area (Å²) in [6.07, 6.45) is -0.795. The molecule has 0 aromatic heterocycles. The lowest BCUT2D eigenvalue weighted by molar-refractivity contribution is -0.142. The maximum Gasteiger partial charge on any atom is 0.339 e. The summed E-state index contributed by atoms with van der Waals surface area (Å²) in [4.78, 5) is 23.6. The molecule has 0 saturated carbocycles. The molecule has 1 aliphatic heterocycles. The van der Waals surface area contributed by atoms with Gasteiger partial charge in [-0.15, -0.1) is 0 Å². The van der Waals surface area contributed by atoms with Gasteiger partial charge in [0.15, 0.2) is 0 Å². The molecule has 0 aliphatic carbocycles. The van der Waals surface area contributed by atoms with E-state index >= 15 is 0 Å². The van der Waals surface area contributed by atoms with Crippen molar-refractivity contribution in [2.45, 2.75) is 12.0 Å². The second-order valence-electron chi connectivity index (χ2n) is 4.64. The maximum atomic E-state index is 12.0. The lowest BCUT2D eigenvalue weighted by Crippen LogP contribution is -2.31. The van der Waals surface area contributed by atoms with Gasteiger partial charge in [0.05, 0.1) is 5.56 Å². The molecule has 1 N–H and O–H groups in total. The zero-order valence-electron chi connectivity index (χ0n) is 10.5. The highest BCUT2D eigenvalue weighted by Gasteiger charge is 2.40. The van der Waals surface area contributed by atoms with E-state index in [1.165, 1.54) is 0 Å². The van der Waals surface area contributed by atoms with Gasteiger partial charge in [-0.25, -0.2) is 4.79 Å². The highest BCUT2D eigenvalue weighted by molar-refractivity contribution is 5.96. The summed E-state index contributed by atoms with van der Waals surface area (Å²) in [5.74, 6) is -2.36. The molecule has 0 saturated heterocycles. The van der Waals surface area contributed by atoms with Crippen LogP contribution in [0.3, 0.4) is 0 Å². The van der Waals surface area contributed by atoms with E-state index in [0.717, 1.165) is 0 Å². The number of rotatable bonds is 2. The second kappa shape index (κ2) is 4.81. The molecule has 2 unspecified atom stereocenters. The monoisotopic (exact) mass is 268 g/mol. The van der Waals surface area contributed by atoms with Gasteiger partial charge in [0.2, 0.25) is 0 Å². The quantitative estimate of drug-likeness (QED) is 0.851.